The minimum absolute atomic E-state index is 0.731. The predicted octanol–water partition coefficient (Wildman–Crippen LogP) is 0.864. The Hall–Kier alpha value is -0.930. The molecule has 3 heteroatoms. The molecule has 1 heterocycles. The maximum absolute atomic E-state index is 5.45. The summed E-state index contributed by atoms with van der Waals surface area (Å²) in [4.78, 5) is 4.54. The van der Waals surface area contributed by atoms with E-state index in [4.69, 9.17) is 11.5 Å². The van der Waals surface area contributed by atoms with Crippen molar-refractivity contribution in [3.05, 3.63) is 29.6 Å². The first-order chi connectivity index (χ1) is 6.86. The second kappa shape index (κ2) is 6.51. The number of nitrogens with two attached hydrogens (primary N) is 2. The fourth-order valence-corrected chi connectivity index (χ4v) is 1.37. The van der Waals surface area contributed by atoms with Crippen LogP contribution in [-0.4, -0.2) is 18.1 Å². The van der Waals surface area contributed by atoms with E-state index in [2.05, 4.69) is 23.2 Å². The Labute approximate surface area is 85.5 Å². The highest BCUT2D eigenvalue weighted by Crippen LogP contribution is 2.03. The van der Waals surface area contributed by atoms with Crippen LogP contribution in [0.3, 0.4) is 0 Å². The molecule has 3 nitrogen and oxygen atoms in total. The third-order valence-corrected chi connectivity index (χ3v) is 2.14. The summed E-state index contributed by atoms with van der Waals surface area (Å²) in [7, 11) is 0. The Balaban J connectivity index is 2.50. The number of nitrogens with zero attached hydrogens (tertiary/aromatic N) is 1. The van der Waals surface area contributed by atoms with Crippen LogP contribution in [0.1, 0.15) is 24.2 Å². The topological polar surface area (TPSA) is 64.9 Å². The lowest BCUT2D eigenvalue weighted by atomic mass is 10.1. The number of hydrogen-bond donors (Lipinski definition) is 2. The third-order valence-electron chi connectivity index (χ3n) is 2.14. The highest BCUT2D eigenvalue weighted by atomic mass is 14.7. The number of aromatic nitrogens is 1. The Morgan fingerprint density at radius 3 is 1.86 bits per heavy atom. The molecule has 1 aromatic rings. The molecule has 0 fully saturated rings. The van der Waals surface area contributed by atoms with Gasteiger partial charge in [0.25, 0.3) is 0 Å². The van der Waals surface area contributed by atoms with Crippen molar-refractivity contribution >= 4 is 0 Å². The van der Waals surface area contributed by atoms with Crippen molar-refractivity contribution in [2.45, 2.75) is 25.7 Å². The maximum atomic E-state index is 5.45. The van der Waals surface area contributed by atoms with E-state index in [0.29, 0.717) is 0 Å². The first kappa shape index (κ1) is 11.1. The molecule has 0 aliphatic rings. The second-order valence-electron chi connectivity index (χ2n) is 3.40. The van der Waals surface area contributed by atoms with Gasteiger partial charge >= 0.3 is 0 Å². The van der Waals surface area contributed by atoms with Gasteiger partial charge < -0.3 is 11.5 Å². The van der Waals surface area contributed by atoms with Gasteiger partial charge in [0.15, 0.2) is 0 Å². The fourth-order valence-electron chi connectivity index (χ4n) is 1.37. The van der Waals surface area contributed by atoms with E-state index in [0.717, 1.165) is 50.2 Å². The molecule has 0 saturated carbocycles. The van der Waals surface area contributed by atoms with Crippen molar-refractivity contribution in [3.63, 3.8) is 0 Å². The van der Waals surface area contributed by atoms with Crippen LogP contribution in [-0.2, 0) is 12.8 Å². The van der Waals surface area contributed by atoms with Crippen LogP contribution in [0.15, 0.2) is 18.2 Å². The van der Waals surface area contributed by atoms with E-state index in [1.165, 1.54) is 0 Å². The molecular weight excluding hydrogens is 174 g/mol. The minimum atomic E-state index is 0.731. The molecule has 0 radical (unpaired) electrons. The van der Waals surface area contributed by atoms with Gasteiger partial charge in [-0.1, -0.05) is 6.07 Å². The zero-order valence-electron chi connectivity index (χ0n) is 8.58. The van der Waals surface area contributed by atoms with Gasteiger partial charge in [0.05, 0.1) is 0 Å². The SMILES string of the molecule is NCCCc1cccc(CCCN)n1. The molecule has 0 bridgehead atoms. The van der Waals surface area contributed by atoms with Crippen LogP contribution < -0.4 is 11.5 Å². The molecule has 0 saturated heterocycles. The van der Waals surface area contributed by atoms with Gasteiger partial charge in [-0.25, -0.2) is 0 Å². The zero-order chi connectivity index (χ0) is 10.2. The molecule has 0 spiro atoms. The van der Waals surface area contributed by atoms with Crippen LogP contribution in [0, 0.1) is 0 Å². The molecule has 4 N–H and O–H groups in total. The standard InChI is InChI=1S/C11H19N3/c12-8-2-6-10-4-1-5-11(14-10)7-3-9-13/h1,4-5H,2-3,6-9,12-13H2. The minimum Gasteiger partial charge on any atom is -0.330 e. The molecule has 0 aliphatic heterocycles. The number of pyridine rings is 1. The van der Waals surface area contributed by atoms with Crippen LogP contribution >= 0.6 is 0 Å². The van der Waals surface area contributed by atoms with Gasteiger partial charge in [-0.2, -0.15) is 0 Å². The van der Waals surface area contributed by atoms with Crippen LogP contribution in [0.25, 0.3) is 0 Å². The fraction of sp³-hybridized carbons (Fsp3) is 0.545. The highest BCUT2D eigenvalue weighted by molar-refractivity contribution is 5.11. The lowest BCUT2D eigenvalue weighted by Crippen LogP contribution is -2.04. The van der Waals surface area contributed by atoms with Crippen molar-refractivity contribution in [2.75, 3.05) is 13.1 Å². The van der Waals surface area contributed by atoms with Crippen molar-refractivity contribution in [2.24, 2.45) is 11.5 Å². The zero-order valence-corrected chi connectivity index (χ0v) is 8.58. The summed E-state index contributed by atoms with van der Waals surface area (Å²) in [6.07, 6.45) is 3.97. The first-order valence-electron chi connectivity index (χ1n) is 5.21. The summed E-state index contributed by atoms with van der Waals surface area (Å²) in [6, 6.07) is 6.17. The lowest BCUT2D eigenvalue weighted by Gasteiger charge is -2.03. The summed E-state index contributed by atoms with van der Waals surface area (Å²) >= 11 is 0. The lowest BCUT2D eigenvalue weighted by molar-refractivity contribution is 0.775. The molecule has 0 aliphatic carbocycles. The van der Waals surface area contributed by atoms with Crippen molar-refractivity contribution < 1.29 is 0 Å². The number of rotatable bonds is 6. The molecule has 14 heavy (non-hydrogen) atoms. The molecular formula is C11H19N3. The van der Waals surface area contributed by atoms with E-state index < -0.39 is 0 Å². The van der Waals surface area contributed by atoms with Crippen LogP contribution in [0.5, 0.6) is 0 Å². The van der Waals surface area contributed by atoms with Gasteiger partial charge in [0.1, 0.15) is 0 Å². The molecule has 0 atom stereocenters. The Morgan fingerprint density at radius 1 is 0.929 bits per heavy atom. The average molecular weight is 193 g/mol. The van der Waals surface area contributed by atoms with Crippen LogP contribution in [0.4, 0.5) is 0 Å². The normalized spacial score (nSPS) is 10.4. The molecule has 0 aromatic carbocycles. The van der Waals surface area contributed by atoms with Gasteiger partial charge in [-0.05, 0) is 50.9 Å². The molecule has 0 unspecified atom stereocenters. The summed E-state index contributed by atoms with van der Waals surface area (Å²) in [5.74, 6) is 0. The predicted molar refractivity (Wildman–Crippen MR) is 59.0 cm³/mol. The maximum Gasteiger partial charge on any atom is 0.0407 e. The van der Waals surface area contributed by atoms with E-state index >= 15 is 0 Å². The van der Waals surface area contributed by atoms with E-state index in [9.17, 15) is 0 Å². The van der Waals surface area contributed by atoms with Crippen molar-refractivity contribution in [1.29, 1.82) is 0 Å². The van der Waals surface area contributed by atoms with Crippen LogP contribution in [0.2, 0.25) is 0 Å². The second-order valence-corrected chi connectivity index (χ2v) is 3.40. The van der Waals surface area contributed by atoms with Gasteiger partial charge in [-0.15, -0.1) is 0 Å². The number of aryl methyl sites for hydroxylation is 2. The molecule has 1 rings (SSSR count). The van der Waals surface area contributed by atoms with E-state index in [1.807, 2.05) is 0 Å². The summed E-state index contributed by atoms with van der Waals surface area (Å²) in [6.45, 7) is 1.46. The average Bonchev–Trinajstić information content (AvgIpc) is 2.24. The van der Waals surface area contributed by atoms with Gasteiger partial charge in [0.2, 0.25) is 0 Å². The van der Waals surface area contributed by atoms with Crippen molar-refractivity contribution in [1.82, 2.24) is 4.98 Å². The molecule has 78 valence electrons. The first-order valence-corrected chi connectivity index (χ1v) is 5.21. The van der Waals surface area contributed by atoms with E-state index in [-0.39, 0.29) is 0 Å². The Morgan fingerprint density at radius 2 is 1.43 bits per heavy atom. The van der Waals surface area contributed by atoms with Gasteiger partial charge in [0, 0.05) is 11.4 Å². The summed E-state index contributed by atoms with van der Waals surface area (Å²) in [5, 5.41) is 0. The smallest absolute Gasteiger partial charge is 0.0407 e. The highest BCUT2D eigenvalue weighted by Gasteiger charge is 1.97. The Bertz CT molecular complexity index is 237. The number of hydrogen-bond acceptors (Lipinski definition) is 3. The monoisotopic (exact) mass is 193 g/mol. The van der Waals surface area contributed by atoms with Crippen molar-refractivity contribution in [3.8, 4) is 0 Å². The quantitative estimate of drug-likeness (QED) is 0.704. The largest absolute Gasteiger partial charge is 0.330 e. The van der Waals surface area contributed by atoms with E-state index in [1.54, 1.807) is 0 Å². The molecule has 1 aromatic heterocycles. The molecule has 0 amide bonds. The summed E-state index contributed by atoms with van der Waals surface area (Å²) in [5.41, 5.74) is 13.2. The van der Waals surface area contributed by atoms with Gasteiger partial charge in [-0.3, -0.25) is 4.98 Å². The summed E-state index contributed by atoms with van der Waals surface area (Å²) < 4.78 is 0. The third kappa shape index (κ3) is 3.85. The Kier molecular flexibility index (Phi) is 5.19.